The fourth-order valence-electron chi connectivity index (χ4n) is 1.59. The lowest BCUT2D eigenvalue weighted by molar-refractivity contribution is -0.163. The monoisotopic (exact) mass is 215 g/mol. The standard InChI is InChI=1S/C10H17NO4/c1-10(2,3)15-9(14)6-4-5-11-7(6)8(12)13/h6-7,11H,4-5H2,1-3H3,(H,12,13). The van der Waals surface area contributed by atoms with E-state index in [0.29, 0.717) is 13.0 Å². The third kappa shape index (κ3) is 3.20. The van der Waals surface area contributed by atoms with Crippen LogP contribution in [0.3, 0.4) is 0 Å². The Balaban J connectivity index is 2.63. The van der Waals surface area contributed by atoms with E-state index in [-0.39, 0.29) is 0 Å². The van der Waals surface area contributed by atoms with Gasteiger partial charge in [0, 0.05) is 0 Å². The van der Waals surface area contributed by atoms with Crippen molar-refractivity contribution in [3.8, 4) is 0 Å². The van der Waals surface area contributed by atoms with Crippen LogP contribution in [-0.4, -0.2) is 35.2 Å². The quantitative estimate of drug-likeness (QED) is 0.652. The second-order valence-corrected chi connectivity index (χ2v) is 4.70. The van der Waals surface area contributed by atoms with E-state index in [1.807, 2.05) is 0 Å². The van der Waals surface area contributed by atoms with Gasteiger partial charge in [0.05, 0.1) is 5.92 Å². The molecule has 0 amide bonds. The van der Waals surface area contributed by atoms with E-state index in [2.05, 4.69) is 5.32 Å². The van der Waals surface area contributed by atoms with Gasteiger partial charge in [-0.15, -0.1) is 0 Å². The predicted octanol–water partition coefficient (Wildman–Crippen LogP) is 0.391. The summed E-state index contributed by atoms with van der Waals surface area (Å²) in [5.74, 6) is -2.00. The number of carboxylic acid groups (broad SMARTS) is 1. The van der Waals surface area contributed by atoms with Crippen LogP contribution in [0, 0.1) is 5.92 Å². The Morgan fingerprint density at radius 3 is 2.47 bits per heavy atom. The molecule has 1 aliphatic heterocycles. The van der Waals surface area contributed by atoms with E-state index in [1.165, 1.54) is 0 Å². The molecule has 1 rings (SSSR count). The van der Waals surface area contributed by atoms with Gasteiger partial charge in [-0.25, -0.2) is 0 Å². The largest absolute Gasteiger partial charge is 0.480 e. The SMILES string of the molecule is CC(C)(C)OC(=O)C1CCNC1C(=O)O. The maximum atomic E-state index is 11.7. The number of hydrogen-bond donors (Lipinski definition) is 2. The Labute approximate surface area is 88.8 Å². The number of nitrogens with one attached hydrogen (secondary N) is 1. The van der Waals surface area contributed by atoms with E-state index in [4.69, 9.17) is 9.84 Å². The molecule has 1 fully saturated rings. The fourth-order valence-corrected chi connectivity index (χ4v) is 1.59. The van der Waals surface area contributed by atoms with Crippen LogP contribution in [0.4, 0.5) is 0 Å². The molecule has 0 spiro atoms. The number of carboxylic acids is 1. The molecule has 86 valence electrons. The third-order valence-corrected chi connectivity index (χ3v) is 2.20. The van der Waals surface area contributed by atoms with Crippen molar-refractivity contribution < 1.29 is 19.4 Å². The molecule has 0 radical (unpaired) electrons. The highest BCUT2D eigenvalue weighted by Crippen LogP contribution is 2.20. The van der Waals surface area contributed by atoms with Crippen LogP contribution in [0.5, 0.6) is 0 Å². The summed E-state index contributed by atoms with van der Waals surface area (Å²) in [4.78, 5) is 22.5. The van der Waals surface area contributed by atoms with Gasteiger partial charge in [-0.2, -0.15) is 0 Å². The van der Waals surface area contributed by atoms with Crippen LogP contribution in [0.25, 0.3) is 0 Å². The lowest BCUT2D eigenvalue weighted by Gasteiger charge is -2.23. The fraction of sp³-hybridized carbons (Fsp3) is 0.800. The molecule has 15 heavy (non-hydrogen) atoms. The Morgan fingerprint density at radius 1 is 1.40 bits per heavy atom. The van der Waals surface area contributed by atoms with Gasteiger partial charge in [-0.05, 0) is 33.7 Å². The third-order valence-electron chi connectivity index (χ3n) is 2.20. The average molecular weight is 215 g/mol. The van der Waals surface area contributed by atoms with Gasteiger partial charge in [-0.3, -0.25) is 9.59 Å². The van der Waals surface area contributed by atoms with Crippen LogP contribution < -0.4 is 5.32 Å². The van der Waals surface area contributed by atoms with Crippen molar-refractivity contribution in [3.05, 3.63) is 0 Å². The summed E-state index contributed by atoms with van der Waals surface area (Å²) in [5, 5.41) is 11.6. The molecular weight excluding hydrogens is 198 g/mol. The molecule has 1 heterocycles. The van der Waals surface area contributed by atoms with Crippen LogP contribution in [-0.2, 0) is 14.3 Å². The molecule has 0 aliphatic carbocycles. The van der Waals surface area contributed by atoms with Crippen LogP contribution >= 0.6 is 0 Å². The van der Waals surface area contributed by atoms with E-state index >= 15 is 0 Å². The number of carbonyl (C=O) groups is 2. The first kappa shape index (κ1) is 12.0. The first-order chi connectivity index (χ1) is 6.81. The molecule has 0 bridgehead atoms. The summed E-state index contributed by atoms with van der Waals surface area (Å²) in [6.45, 7) is 5.84. The van der Waals surface area contributed by atoms with Gasteiger partial charge in [-0.1, -0.05) is 0 Å². The zero-order valence-corrected chi connectivity index (χ0v) is 9.24. The van der Waals surface area contributed by atoms with E-state index in [1.54, 1.807) is 20.8 Å². The summed E-state index contributed by atoms with van der Waals surface area (Å²) in [6, 6.07) is -0.806. The molecule has 1 saturated heterocycles. The van der Waals surface area contributed by atoms with Crippen molar-refractivity contribution in [2.24, 2.45) is 5.92 Å². The van der Waals surface area contributed by atoms with Crippen molar-refractivity contribution in [2.75, 3.05) is 6.54 Å². The van der Waals surface area contributed by atoms with Crippen LogP contribution in [0.2, 0.25) is 0 Å². The number of rotatable bonds is 2. The van der Waals surface area contributed by atoms with Gasteiger partial charge in [0.15, 0.2) is 0 Å². The Morgan fingerprint density at radius 2 is 2.00 bits per heavy atom. The molecule has 0 aromatic carbocycles. The van der Waals surface area contributed by atoms with E-state index in [0.717, 1.165) is 0 Å². The van der Waals surface area contributed by atoms with Crippen LogP contribution in [0.1, 0.15) is 27.2 Å². The minimum absolute atomic E-state index is 0.431. The first-order valence-electron chi connectivity index (χ1n) is 5.00. The zero-order chi connectivity index (χ0) is 11.6. The predicted molar refractivity (Wildman–Crippen MR) is 53.4 cm³/mol. The Hall–Kier alpha value is -1.10. The Bertz CT molecular complexity index is 269. The summed E-state index contributed by atoms with van der Waals surface area (Å²) < 4.78 is 5.16. The maximum absolute atomic E-state index is 11.7. The van der Waals surface area contributed by atoms with Crippen LogP contribution in [0.15, 0.2) is 0 Å². The lowest BCUT2D eigenvalue weighted by atomic mass is 10.0. The number of esters is 1. The molecule has 2 unspecified atom stereocenters. The molecule has 5 heteroatoms. The van der Waals surface area contributed by atoms with Crippen molar-refractivity contribution in [2.45, 2.75) is 38.8 Å². The number of ether oxygens (including phenoxy) is 1. The van der Waals surface area contributed by atoms with Crippen molar-refractivity contribution in [1.29, 1.82) is 0 Å². The molecule has 1 aliphatic rings. The van der Waals surface area contributed by atoms with Crippen molar-refractivity contribution in [3.63, 3.8) is 0 Å². The summed E-state index contributed by atoms with van der Waals surface area (Å²) in [5.41, 5.74) is -0.567. The highest BCUT2D eigenvalue weighted by Gasteiger charge is 2.39. The lowest BCUT2D eigenvalue weighted by Crippen LogP contribution is -2.41. The second kappa shape index (κ2) is 4.18. The smallest absolute Gasteiger partial charge is 0.321 e. The minimum Gasteiger partial charge on any atom is -0.480 e. The maximum Gasteiger partial charge on any atom is 0.321 e. The minimum atomic E-state index is -0.997. The highest BCUT2D eigenvalue weighted by molar-refractivity contribution is 5.84. The Kier molecular flexibility index (Phi) is 3.34. The van der Waals surface area contributed by atoms with Crippen molar-refractivity contribution in [1.82, 2.24) is 5.32 Å². The highest BCUT2D eigenvalue weighted by atomic mass is 16.6. The summed E-state index contributed by atoms with van der Waals surface area (Å²) >= 11 is 0. The first-order valence-corrected chi connectivity index (χ1v) is 5.00. The van der Waals surface area contributed by atoms with Gasteiger partial charge in [0.2, 0.25) is 0 Å². The molecule has 0 aromatic heterocycles. The normalized spacial score (nSPS) is 26.3. The molecule has 2 N–H and O–H groups in total. The number of hydrogen-bond acceptors (Lipinski definition) is 4. The number of carbonyl (C=O) groups excluding carboxylic acids is 1. The average Bonchev–Trinajstić information content (AvgIpc) is 2.47. The number of aliphatic carboxylic acids is 1. The van der Waals surface area contributed by atoms with Gasteiger partial charge < -0.3 is 15.2 Å². The molecular formula is C10H17NO4. The van der Waals surface area contributed by atoms with Gasteiger partial charge in [0.1, 0.15) is 11.6 Å². The topological polar surface area (TPSA) is 75.6 Å². The van der Waals surface area contributed by atoms with Crippen molar-refractivity contribution >= 4 is 11.9 Å². The molecule has 0 aromatic rings. The molecule has 0 saturated carbocycles. The van der Waals surface area contributed by atoms with Gasteiger partial charge >= 0.3 is 11.9 Å². The zero-order valence-electron chi connectivity index (χ0n) is 9.24. The van der Waals surface area contributed by atoms with E-state index in [9.17, 15) is 9.59 Å². The molecule has 5 nitrogen and oxygen atoms in total. The molecule has 2 atom stereocenters. The van der Waals surface area contributed by atoms with E-state index < -0.39 is 29.5 Å². The van der Waals surface area contributed by atoms with Gasteiger partial charge in [0.25, 0.3) is 0 Å². The summed E-state index contributed by atoms with van der Waals surface area (Å²) in [7, 11) is 0. The second-order valence-electron chi connectivity index (χ2n) is 4.70. The summed E-state index contributed by atoms with van der Waals surface area (Å²) in [6.07, 6.45) is 0.520.